The molecule has 1 fully saturated rings. The summed E-state index contributed by atoms with van der Waals surface area (Å²) in [5, 5.41) is 7.51. The Kier molecular flexibility index (Phi) is 2.77. The van der Waals surface area contributed by atoms with Crippen LogP contribution in [0.2, 0.25) is 0 Å². The number of aromatic nitrogens is 2. The highest BCUT2D eigenvalue weighted by Gasteiger charge is 2.31. The van der Waals surface area contributed by atoms with Crippen molar-refractivity contribution in [2.75, 3.05) is 12.3 Å². The minimum Gasteiger partial charge on any atom is -0.382 e. The Morgan fingerprint density at radius 2 is 2.19 bits per heavy atom. The van der Waals surface area contributed by atoms with E-state index >= 15 is 0 Å². The summed E-state index contributed by atoms with van der Waals surface area (Å²) in [6, 6.07) is 3.51. The number of hydrogen-bond donors (Lipinski definition) is 1. The van der Waals surface area contributed by atoms with E-state index in [1.165, 1.54) is 0 Å². The number of anilines is 1. The molecule has 2 rings (SSSR count). The van der Waals surface area contributed by atoms with Crippen LogP contribution in [0.3, 0.4) is 0 Å². The van der Waals surface area contributed by atoms with Crippen LogP contribution in [0.25, 0.3) is 0 Å². The van der Waals surface area contributed by atoms with Crippen molar-refractivity contribution < 1.29 is 4.79 Å². The molecule has 2 N–H and O–H groups in total. The minimum absolute atomic E-state index is 0.0515. The molecular formula is C11H16N4O. The van der Waals surface area contributed by atoms with Crippen LogP contribution in [0.1, 0.15) is 30.8 Å². The number of nitrogens with two attached hydrogens (primary N) is 1. The van der Waals surface area contributed by atoms with Crippen molar-refractivity contribution in [1.29, 1.82) is 0 Å². The monoisotopic (exact) mass is 220 g/mol. The Bertz CT molecular complexity index is 389. The maximum atomic E-state index is 12.1. The smallest absolute Gasteiger partial charge is 0.274 e. The largest absolute Gasteiger partial charge is 0.382 e. The van der Waals surface area contributed by atoms with Crippen LogP contribution in [0.5, 0.6) is 0 Å². The molecular weight excluding hydrogens is 204 g/mol. The highest BCUT2D eigenvalue weighted by molar-refractivity contribution is 5.92. The zero-order chi connectivity index (χ0) is 11.7. The molecule has 1 aliphatic rings. The Morgan fingerprint density at radius 3 is 2.69 bits per heavy atom. The first kappa shape index (κ1) is 10.9. The van der Waals surface area contributed by atoms with Crippen LogP contribution in [0.15, 0.2) is 12.1 Å². The molecule has 0 bridgehead atoms. The second kappa shape index (κ2) is 4.08. The van der Waals surface area contributed by atoms with Crippen LogP contribution in [-0.2, 0) is 0 Å². The Balaban J connectivity index is 2.16. The number of carbonyl (C=O) groups is 1. The van der Waals surface area contributed by atoms with E-state index in [4.69, 9.17) is 5.73 Å². The molecule has 0 spiro atoms. The second-order valence-corrected chi connectivity index (χ2v) is 4.49. The van der Waals surface area contributed by atoms with E-state index in [9.17, 15) is 4.79 Å². The van der Waals surface area contributed by atoms with Crippen LogP contribution in [0, 0.1) is 5.92 Å². The zero-order valence-electron chi connectivity index (χ0n) is 9.55. The first-order chi connectivity index (χ1) is 7.58. The summed E-state index contributed by atoms with van der Waals surface area (Å²) in [7, 11) is 0. The standard InChI is InChI=1S/C11H16N4O/c1-7-5-8(2)15(6-7)11(16)9-3-4-10(12)14-13-9/h3-4,7-8H,5-6H2,1-2H3,(H2,12,14). The van der Waals surface area contributed by atoms with Gasteiger partial charge in [0.15, 0.2) is 5.69 Å². The number of likely N-dealkylation sites (tertiary alicyclic amines) is 1. The fraction of sp³-hybridized carbons (Fsp3) is 0.545. The van der Waals surface area contributed by atoms with Gasteiger partial charge in [-0.25, -0.2) is 0 Å². The lowest BCUT2D eigenvalue weighted by Crippen LogP contribution is -2.34. The second-order valence-electron chi connectivity index (χ2n) is 4.49. The maximum absolute atomic E-state index is 12.1. The summed E-state index contributed by atoms with van der Waals surface area (Å²) in [5.74, 6) is 0.837. The molecule has 2 heterocycles. The lowest BCUT2D eigenvalue weighted by atomic mass is 10.1. The first-order valence-electron chi connectivity index (χ1n) is 5.48. The summed E-state index contributed by atoms with van der Waals surface area (Å²) >= 11 is 0. The fourth-order valence-corrected chi connectivity index (χ4v) is 2.19. The number of amides is 1. The third kappa shape index (κ3) is 1.98. The molecule has 5 heteroatoms. The number of rotatable bonds is 1. The normalized spacial score (nSPS) is 24.8. The van der Waals surface area contributed by atoms with Gasteiger partial charge in [-0.15, -0.1) is 10.2 Å². The van der Waals surface area contributed by atoms with Crippen molar-refractivity contribution in [3.05, 3.63) is 17.8 Å². The van der Waals surface area contributed by atoms with E-state index in [0.717, 1.165) is 13.0 Å². The number of hydrogen-bond acceptors (Lipinski definition) is 4. The van der Waals surface area contributed by atoms with Gasteiger partial charge in [-0.1, -0.05) is 6.92 Å². The van der Waals surface area contributed by atoms with Gasteiger partial charge in [0.1, 0.15) is 5.82 Å². The third-order valence-corrected chi connectivity index (χ3v) is 2.95. The third-order valence-electron chi connectivity index (χ3n) is 2.95. The highest BCUT2D eigenvalue weighted by Crippen LogP contribution is 2.23. The summed E-state index contributed by atoms with van der Waals surface area (Å²) in [6.07, 6.45) is 1.05. The van der Waals surface area contributed by atoms with E-state index in [-0.39, 0.29) is 11.9 Å². The number of nitrogens with zero attached hydrogens (tertiary/aromatic N) is 3. The van der Waals surface area contributed by atoms with Crippen LogP contribution < -0.4 is 5.73 Å². The lowest BCUT2D eigenvalue weighted by Gasteiger charge is -2.20. The summed E-state index contributed by atoms with van der Waals surface area (Å²) in [4.78, 5) is 13.9. The average molecular weight is 220 g/mol. The van der Waals surface area contributed by atoms with E-state index < -0.39 is 0 Å². The molecule has 0 saturated carbocycles. The van der Waals surface area contributed by atoms with Gasteiger partial charge in [0, 0.05) is 12.6 Å². The summed E-state index contributed by atoms with van der Waals surface area (Å²) in [6.45, 7) is 5.01. The van der Waals surface area contributed by atoms with Crippen molar-refractivity contribution in [3.63, 3.8) is 0 Å². The molecule has 1 aromatic rings. The fourth-order valence-electron chi connectivity index (χ4n) is 2.19. The SMILES string of the molecule is CC1CC(C)N(C(=O)c2ccc(N)nn2)C1. The van der Waals surface area contributed by atoms with Crippen molar-refractivity contribution in [1.82, 2.24) is 15.1 Å². The van der Waals surface area contributed by atoms with Crippen molar-refractivity contribution in [3.8, 4) is 0 Å². The molecule has 1 aromatic heterocycles. The number of carbonyl (C=O) groups excluding carboxylic acids is 1. The maximum Gasteiger partial charge on any atom is 0.274 e. The number of nitrogen functional groups attached to an aromatic ring is 1. The molecule has 1 saturated heterocycles. The topological polar surface area (TPSA) is 72.1 Å². The van der Waals surface area contributed by atoms with Gasteiger partial charge in [0.2, 0.25) is 0 Å². The van der Waals surface area contributed by atoms with Gasteiger partial charge >= 0.3 is 0 Å². The van der Waals surface area contributed by atoms with E-state index in [2.05, 4.69) is 24.0 Å². The zero-order valence-corrected chi connectivity index (χ0v) is 9.55. The molecule has 16 heavy (non-hydrogen) atoms. The van der Waals surface area contributed by atoms with Crippen LogP contribution in [0.4, 0.5) is 5.82 Å². The Hall–Kier alpha value is -1.65. The van der Waals surface area contributed by atoms with E-state index in [0.29, 0.717) is 17.4 Å². The molecule has 86 valence electrons. The molecule has 1 amide bonds. The molecule has 0 aliphatic carbocycles. The van der Waals surface area contributed by atoms with Gasteiger partial charge in [0.25, 0.3) is 5.91 Å². The van der Waals surface area contributed by atoms with Crippen molar-refractivity contribution >= 4 is 11.7 Å². The van der Waals surface area contributed by atoms with Gasteiger partial charge < -0.3 is 10.6 Å². The lowest BCUT2D eigenvalue weighted by molar-refractivity contribution is 0.0736. The van der Waals surface area contributed by atoms with Crippen LogP contribution in [-0.4, -0.2) is 33.6 Å². The van der Waals surface area contributed by atoms with Gasteiger partial charge in [-0.2, -0.15) is 0 Å². The van der Waals surface area contributed by atoms with Crippen LogP contribution >= 0.6 is 0 Å². The quantitative estimate of drug-likeness (QED) is 0.764. The highest BCUT2D eigenvalue weighted by atomic mass is 16.2. The Morgan fingerprint density at radius 1 is 1.44 bits per heavy atom. The molecule has 0 radical (unpaired) electrons. The van der Waals surface area contributed by atoms with Gasteiger partial charge in [-0.05, 0) is 31.4 Å². The minimum atomic E-state index is -0.0515. The van der Waals surface area contributed by atoms with Gasteiger partial charge in [-0.3, -0.25) is 4.79 Å². The summed E-state index contributed by atoms with van der Waals surface area (Å²) in [5.41, 5.74) is 5.80. The first-order valence-corrected chi connectivity index (χ1v) is 5.48. The predicted octanol–water partition coefficient (Wildman–Crippen LogP) is 0.929. The predicted molar refractivity (Wildman–Crippen MR) is 60.7 cm³/mol. The molecule has 2 atom stereocenters. The average Bonchev–Trinajstić information content (AvgIpc) is 2.58. The molecule has 2 unspecified atom stereocenters. The molecule has 1 aliphatic heterocycles. The van der Waals surface area contributed by atoms with E-state index in [1.807, 2.05) is 4.90 Å². The Labute approximate surface area is 94.6 Å². The summed E-state index contributed by atoms with van der Waals surface area (Å²) < 4.78 is 0. The molecule has 0 aromatic carbocycles. The van der Waals surface area contributed by atoms with Crippen molar-refractivity contribution in [2.45, 2.75) is 26.3 Å². The van der Waals surface area contributed by atoms with Crippen molar-refractivity contribution in [2.24, 2.45) is 5.92 Å². The molecule has 5 nitrogen and oxygen atoms in total. The van der Waals surface area contributed by atoms with E-state index in [1.54, 1.807) is 12.1 Å². The van der Waals surface area contributed by atoms with Gasteiger partial charge in [0.05, 0.1) is 0 Å².